The standard InChI is InChI=1S/C13H16F3N3O2/c1-8-6-10(4-5-17-8)18-9-2-3-12(19(20)21)11(7-9)13(14,15)16/h2-3,7-8,10,17-18H,4-6H2,1H3. The van der Waals surface area contributed by atoms with Crippen molar-refractivity contribution < 1.29 is 18.1 Å². The predicted molar refractivity (Wildman–Crippen MR) is 72.2 cm³/mol. The molecule has 116 valence electrons. The summed E-state index contributed by atoms with van der Waals surface area (Å²) < 4.78 is 38.7. The zero-order valence-electron chi connectivity index (χ0n) is 11.4. The smallest absolute Gasteiger partial charge is 0.382 e. The van der Waals surface area contributed by atoms with Crippen LogP contribution in [0.3, 0.4) is 0 Å². The molecule has 0 amide bonds. The van der Waals surface area contributed by atoms with E-state index in [1.165, 1.54) is 6.07 Å². The molecule has 2 rings (SSSR count). The van der Waals surface area contributed by atoms with Crippen molar-refractivity contribution in [2.75, 3.05) is 11.9 Å². The summed E-state index contributed by atoms with van der Waals surface area (Å²) in [4.78, 5) is 9.67. The SMILES string of the molecule is CC1CC(Nc2ccc([N+](=O)[O-])c(C(F)(F)F)c2)CCN1. The molecule has 2 atom stereocenters. The van der Waals surface area contributed by atoms with Gasteiger partial charge in [-0.25, -0.2) is 0 Å². The van der Waals surface area contributed by atoms with E-state index in [9.17, 15) is 23.3 Å². The molecule has 2 N–H and O–H groups in total. The number of nitrogens with one attached hydrogen (secondary N) is 2. The third-order valence-corrected chi connectivity index (χ3v) is 3.49. The highest BCUT2D eigenvalue weighted by molar-refractivity contribution is 5.55. The second kappa shape index (κ2) is 5.88. The number of nitro benzene ring substituents is 1. The number of halogens is 3. The highest BCUT2D eigenvalue weighted by Crippen LogP contribution is 2.37. The Hall–Kier alpha value is -1.83. The number of rotatable bonds is 3. The fourth-order valence-corrected chi connectivity index (χ4v) is 2.51. The molecule has 0 aliphatic carbocycles. The minimum atomic E-state index is -4.75. The van der Waals surface area contributed by atoms with Crippen LogP contribution >= 0.6 is 0 Å². The Labute approximate surface area is 119 Å². The van der Waals surface area contributed by atoms with Crippen LogP contribution < -0.4 is 10.6 Å². The Bertz CT molecular complexity index is 534. The first-order chi connectivity index (χ1) is 9.77. The summed E-state index contributed by atoms with van der Waals surface area (Å²) in [6.45, 7) is 2.79. The molecule has 5 nitrogen and oxygen atoms in total. The Morgan fingerprint density at radius 1 is 1.43 bits per heavy atom. The lowest BCUT2D eigenvalue weighted by molar-refractivity contribution is -0.388. The number of nitrogens with zero attached hydrogens (tertiary/aromatic N) is 1. The minimum absolute atomic E-state index is 0.0591. The molecule has 2 unspecified atom stereocenters. The summed E-state index contributed by atoms with van der Waals surface area (Å²) >= 11 is 0. The maximum absolute atomic E-state index is 12.9. The maximum atomic E-state index is 12.9. The molecular formula is C13H16F3N3O2. The van der Waals surface area contributed by atoms with Gasteiger partial charge in [-0.3, -0.25) is 10.1 Å². The normalized spacial score (nSPS) is 22.9. The van der Waals surface area contributed by atoms with E-state index in [0.717, 1.165) is 31.5 Å². The first-order valence-corrected chi connectivity index (χ1v) is 6.63. The number of anilines is 1. The largest absolute Gasteiger partial charge is 0.423 e. The van der Waals surface area contributed by atoms with Crippen LogP contribution in [-0.2, 0) is 6.18 Å². The molecule has 0 spiro atoms. The average molecular weight is 303 g/mol. The fourth-order valence-electron chi connectivity index (χ4n) is 2.51. The molecule has 1 fully saturated rings. The van der Waals surface area contributed by atoms with Gasteiger partial charge in [0.1, 0.15) is 5.56 Å². The van der Waals surface area contributed by atoms with Crippen LogP contribution in [-0.4, -0.2) is 23.6 Å². The number of nitro groups is 1. The number of alkyl halides is 3. The molecule has 1 aromatic rings. The second-order valence-corrected chi connectivity index (χ2v) is 5.21. The summed E-state index contributed by atoms with van der Waals surface area (Å²) in [5, 5.41) is 17.0. The van der Waals surface area contributed by atoms with Gasteiger partial charge in [0.2, 0.25) is 0 Å². The Morgan fingerprint density at radius 2 is 2.14 bits per heavy atom. The fraction of sp³-hybridized carbons (Fsp3) is 0.538. The van der Waals surface area contributed by atoms with E-state index in [0.29, 0.717) is 0 Å². The molecule has 0 radical (unpaired) electrons. The molecular weight excluding hydrogens is 287 g/mol. The lowest BCUT2D eigenvalue weighted by Gasteiger charge is -2.29. The predicted octanol–water partition coefficient (Wildman–Crippen LogP) is 3.17. The molecule has 1 aliphatic rings. The second-order valence-electron chi connectivity index (χ2n) is 5.21. The molecule has 0 saturated carbocycles. The van der Waals surface area contributed by atoms with E-state index in [1.807, 2.05) is 6.92 Å². The van der Waals surface area contributed by atoms with Crippen molar-refractivity contribution in [3.63, 3.8) is 0 Å². The zero-order valence-corrected chi connectivity index (χ0v) is 11.4. The topological polar surface area (TPSA) is 67.2 Å². The van der Waals surface area contributed by atoms with E-state index < -0.39 is 22.4 Å². The number of hydrogen-bond acceptors (Lipinski definition) is 4. The van der Waals surface area contributed by atoms with Gasteiger partial charge >= 0.3 is 6.18 Å². The van der Waals surface area contributed by atoms with E-state index in [4.69, 9.17) is 0 Å². The first-order valence-electron chi connectivity index (χ1n) is 6.63. The van der Waals surface area contributed by atoms with Gasteiger partial charge in [0.05, 0.1) is 4.92 Å². The van der Waals surface area contributed by atoms with Crippen molar-refractivity contribution in [2.45, 2.75) is 38.0 Å². The van der Waals surface area contributed by atoms with Crippen LogP contribution in [0.5, 0.6) is 0 Å². The summed E-state index contributed by atoms with van der Waals surface area (Å²) in [5.74, 6) is 0. The number of piperidine rings is 1. The summed E-state index contributed by atoms with van der Waals surface area (Å²) in [6.07, 6.45) is -3.16. The Kier molecular flexibility index (Phi) is 4.36. The molecule has 0 bridgehead atoms. The van der Waals surface area contributed by atoms with E-state index >= 15 is 0 Å². The third-order valence-electron chi connectivity index (χ3n) is 3.49. The van der Waals surface area contributed by atoms with Gasteiger partial charge in [0, 0.05) is 23.8 Å². The van der Waals surface area contributed by atoms with Gasteiger partial charge in [-0.2, -0.15) is 13.2 Å². The van der Waals surface area contributed by atoms with Gasteiger partial charge in [-0.05, 0) is 38.4 Å². The lowest BCUT2D eigenvalue weighted by atomic mass is 10.00. The number of benzene rings is 1. The quantitative estimate of drug-likeness (QED) is 0.665. The monoisotopic (exact) mass is 303 g/mol. The van der Waals surface area contributed by atoms with Crippen LogP contribution in [0.15, 0.2) is 18.2 Å². The van der Waals surface area contributed by atoms with Crippen LogP contribution in [0, 0.1) is 10.1 Å². The van der Waals surface area contributed by atoms with Crippen LogP contribution in [0.4, 0.5) is 24.5 Å². The van der Waals surface area contributed by atoms with Gasteiger partial charge in [0.25, 0.3) is 5.69 Å². The average Bonchev–Trinajstić information content (AvgIpc) is 2.37. The molecule has 1 aromatic carbocycles. The molecule has 0 aromatic heterocycles. The van der Waals surface area contributed by atoms with Crippen molar-refractivity contribution in [3.05, 3.63) is 33.9 Å². The van der Waals surface area contributed by atoms with Crippen molar-refractivity contribution in [2.24, 2.45) is 0 Å². The van der Waals surface area contributed by atoms with E-state index in [2.05, 4.69) is 10.6 Å². The van der Waals surface area contributed by atoms with E-state index in [-0.39, 0.29) is 17.8 Å². The van der Waals surface area contributed by atoms with Crippen molar-refractivity contribution in [1.82, 2.24) is 5.32 Å². The molecule has 21 heavy (non-hydrogen) atoms. The highest BCUT2D eigenvalue weighted by Gasteiger charge is 2.38. The van der Waals surface area contributed by atoms with Crippen LogP contribution in [0.2, 0.25) is 0 Å². The van der Waals surface area contributed by atoms with Crippen LogP contribution in [0.1, 0.15) is 25.3 Å². The zero-order chi connectivity index (χ0) is 15.6. The minimum Gasteiger partial charge on any atom is -0.382 e. The maximum Gasteiger partial charge on any atom is 0.423 e. The van der Waals surface area contributed by atoms with Gasteiger partial charge in [-0.1, -0.05) is 0 Å². The molecule has 1 aliphatic heterocycles. The van der Waals surface area contributed by atoms with Gasteiger partial charge < -0.3 is 10.6 Å². The third kappa shape index (κ3) is 3.84. The van der Waals surface area contributed by atoms with Crippen molar-refractivity contribution >= 4 is 11.4 Å². The Balaban J connectivity index is 2.23. The van der Waals surface area contributed by atoms with Gasteiger partial charge in [-0.15, -0.1) is 0 Å². The lowest BCUT2D eigenvalue weighted by Crippen LogP contribution is -2.41. The Morgan fingerprint density at radius 3 is 2.71 bits per heavy atom. The molecule has 8 heteroatoms. The van der Waals surface area contributed by atoms with Crippen molar-refractivity contribution in [3.8, 4) is 0 Å². The highest BCUT2D eigenvalue weighted by atomic mass is 19.4. The van der Waals surface area contributed by atoms with Gasteiger partial charge in [0.15, 0.2) is 0 Å². The van der Waals surface area contributed by atoms with Crippen LogP contribution in [0.25, 0.3) is 0 Å². The summed E-state index contributed by atoms with van der Waals surface area (Å²) in [6, 6.07) is 3.38. The molecule has 1 heterocycles. The van der Waals surface area contributed by atoms with Crippen molar-refractivity contribution in [1.29, 1.82) is 0 Å². The number of hydrogen-bond donors (Lipinski definition) is 2. The van der Waals surface area contributed by atoms with E-state index in [1.54, 1.807) is 0 Å². The summed E-state index contributed by atoms with van der Waals surface area (Å²) in [5.41, 5.74) is -1.89. The first kappa shape index (κ1) is 15.6. The molecule has 1 saturated heterocycles. The summed E-state index contributed by atoms with van der Waals surface area (Å²) in [7, 11) is 0.